The lowest BCUT2D eigenvalue weighted by Crippen LogP contribution is -2.10. The number of fused-ring (bicyclic) bond motifs is 5. The van der Waals surface area contributed by atoms with Crippen LogP contribution in [-0.4, -0.2) is 4.57 Å². The van der Waals surface area contributed by atoms with E-state index in [0.717, 1.165) is 22.7 Å². The second-order valence-electron chi connectivity index (χ2n) is 15.0. The van der Waals surface area contributed by atoms with E-state index in [1.54, 1.807) is 0 Å². The number of nitrogens with zero attached hydrogens (tertiary/aromatic N) is 2. The topological polar surface area (TPSA) is 8.17 Å². The molecule has 0 fully saturated rings. The molecule has 272 valence electrons. The number of para-hydroxylation sites is 2. The summed E-state index contributed by atoms with van der Waals surface area (Å²) in [5.74, 6) is 0. The van der Waals surface area contributed by atoms with Crippen LogP contribution in [0.1, 0.15) is 0 Å². The Morgan fingerprint density at radius 2 is 0.862 bits per heavy atom. The molecule has 0 aliphatic heterocycles. The minimum Gasteiger partial charge on any atom is -0.310 e. The van der Waals surface area contributed by atoms with Gasteiger partial charge in [0.15, 0.2) is 0 Å². The number of aromatic nitrogens is 1. The van der Waals surface area contributed by atoms with Gasteiger partial charge in [0, 0.05) is 27.8 Å². The molecule has 11 aromatic rings. The number of hydrogen-bond acceptors (Lipinski definition) is 1. The first kappa shape index (κ1) is 33.6. The molecule has 0 aliphatic rings. The summed E-state index contributed by atoms with van der Waals surface area (Å²) in [6.07, 6.45) is 0. The standard InChI is InChI=1S/C56H38N2/c1-3-14-42(15-4-1)50-21-11-17-43-26-28-46(38-52(43)50)41-31-35-49(36-32-41)57(48-33-29-40(30-34-48)45-27-25-39-13-7-8-16-44(39)37-45)54-23-12-24-55-56(54)51-20-9-10-22-53(51)58(55)47-18-5-2-6-19-47/h1-38H. The summed E-state index contributed by atoms with van der Waals surface area (Å²) in [7, 11) is 0. The molecule has 1 aromatic heterocycles. The lowest BCUT2D eigenvalue weighted by molar-refractivity contribution is 1.18. The smallest absolute Gasteiger partial charge is 0.0562 e. The van der Waals surface area contributed by atoms with Crippen LogP contribution in [0.4, 0.5) is 17.1 Å². The van der Waals surface area contributed by atoms with Crippen LogP contribution in [0.2, 0.25) is 0 Å². The van der Waals surface area contributed by atoms with E-state index in [9.17, 15) is 0 Å². The SMILES string of the molecule is c1ccc(-c2cccc3ccc(-c4ccc(N(c5ccc(-c6ccc7ccccc7c6)cc5)c5cccc6c5c5ccccc5n6-c5ccccc5)cc4)cc23)cc1. The average molecular weight is 739 g/mol. The van der Waals surface area contributed by atoms with Crippen molar-refractivity contribution in [2.24, 2.45) is 0 Å². The van der Waals surface area contributed by atoms with Crippen molar-refractivity contribution in [3.05, 3.63) is 231 Å². The minimum absolute atomic E-state index is 1.09. The van der Waals surface area contributed by atoms with Gasteiger partial charge in [0.2, 0.25) is 0 Å². The fraction of sp³-hybridized carbons (Fsp3) is 0. The first-order valence-corrected chi connectivity index (χ1v) is 19.9. The third-order valence-electron chi connectivity index (χ3n) is 11.6. The Balaban J connectivity index is 1.06. The van der Waals surface area contributed by atoms with E-state index in [-0.39, 0.29) is 0 Å². The van der Waals surface area contributed by atoms with Crippen LogP contribution in [0.5, 0.6) is 0 Å². The van der Waals surface area contributed by atoms with Crippen molar-refractivity contribution in [1.29, 1.82) is 0 Å². The highest BCUT2D eigenvalue weighted by Gasteiger charge is 2.21. The lowest BCUT2D eigenvalue weighted by Gasteiger charge is -2.27. The van der Waals surface area contributed by atoms with Crippen LogP contribution in [0.15, 0.2) is 231 Å². The highest BCUT2D eigenvalue weighted by Crippen LogP contribution is 2.44. The highest BCUT2D eigenvalue weighted by molar-refractivity contribution is 6.16. The van der Waals surface area contributed by atoms with Gasteiger partial charge in [-0.25, -0.2) is 0 Å². The van der Waals surface area contributed by atoms with E-state index in [0.29, 0.717) is 0 Å². The maximum atomic E-state index is 2.42. The van der Waals surface area contributed by atoms with Crippen molar-refractivity contribution in [2.45, 2.75) is 0 Å². The molecule has 1 heterocycles. The van der Waals surface area contributed by atoms with Gasteiger partial charge in [0.05, 0.1) is 16.7 Å². The molecule has 0 atom stereocenters. The molecule has 0 spiro atoms. The second kappa shape index (κ2) is 14.1. The highest BCUT2D eigenvalue weighted by atomic mass is 15.1. The molecule has 58 heavy (non-hydrogen) atoms. The zero-order valence-electron chi connectivity index (χ0n) is 31.8. The summed E-state index contributed by atoms with van der Waals surface area (Å²) in [5, 5.41) is 7.42. The molecule has 0 aliphatic carbocycles. The van der Waals surface area contributed by atoms with Crippen LogP contribution in [0, 0.1) is 0 Å². The van der Waals surface area contributed by atoms with Gasteiger partial charge in [-0.3, -0.25) is 0 Å². The van der Waals surface area contributed by atoms with Crippen molar-refractivity contribution in [1.82, 2.24) is 4.57 Å². The summed E-state index contributed by atoms with van der Waals surface area (Å²) in [4.78, 5) is 2.42. The summed E-state index contributed by atoms with van der Waals surface area (Å²) < 4.78 is 2.39. The van der Waals surface area contributed by atoms with E-state index in [2.05, 4.69) is 240 Å². The van der Waals surface area contributed by atoms with Gasteiger partial charge < -0.3 is 9.47 Å². The van der Waals surface area contributed by atoms with Crippen molar-refractivity contribution in [3.8, 4) is 39.1 Å². The number of anilines is 3. The fourth-order valence-electron chi connectivity index (χ4n) is 8.77. The van der Waals surface area contributed by atoms with Crippen molar-refractivity contribution < 1.29 is 0 Å². The fourth-order valence-corrected chi connectivity index (χ4v) is 8.77. The van der Waals surface area contributed by atoms with Crippen molar-refractivity contribution >= 4 is 60.4 Å². The van der Waals surface area contributed by atoms with E-state index >= 15 is 0 Å². The van der Waals surface area contributed by atoms with E-state index < -0.39 is 0 Å². The van der Waals surface area contributed by atoms with Crippen molar-refractivity contribution in [2.75, 3.05) is 4.90 Å². The molecular formula is C56H38N2. The molecular weight excluding hydrogens is 701 g/mol. The van der Waals surface area contributed by atoms with Crippen LogP contribution in [0.3, 0.4) is 0 Å². The molecule has 2 nitrogen and oxygen atoms in total. The zero-order valence-corrected chi connectivity index (χ0v) is 31.8. The van der Waals surface area contributed by atoms with Gasteiger partial charge in [0.25, 0.3) is 0 Å². The molecule has 0 bridgehead atoms. The summed E-state index contributed by atoms with van der Waals surface area (Å²) >= 11 is 0. The predicted octanol–water partition coefficient (Wildman–Crippen LogP) is 15.6. The Kier molecular flexibility index (Phi) is 8.19. The van der Waals surface area contributed by atoms with E-state index in [1.165, 1.54) is 76.7 Å². The third-order valence-corrected chi connectivity index (χ3v) is 11.6. The lowest BCUT2D eigenvalue weighted by atomic mass is 9.95. The normalized spacial score (nSPS) is 11.4. The molecule has 0 N–H and O–H groups in total. The number of benzene rings is 10. The molecule has 0 radical (unpaired) electrons. The molecule has 10 aromatic carbocycles. The largest absolute Gasteiger partial charge is 0.310 e. The monoisotopic (exact) mass is 738 g/mol. The average Bonchev–Trinajstić information content (AvgIpc) is 3.65. The Labute approximate surface area is 338 Å². The van der Waals surface area contributed by atoms with Crippen molar-refractivity contribution in [3.63, 3.8) is 0 Å². The molecule has 0 saturated carbocycles. The summed E-state index contributed by atoms with van der Waals surface area (Å²) in [6.45, 7) is 0. The summed E-state index contributed by atoms with van der Waals surface area (Å²) in [5.41, 5.74) is 14.1. The Morgan fingerprint density at radius 3 is 1.60 bits per heavy atom. The maximum absolute atomic E-state index is 2.42. The Hall–Kier alpha value is -7.68. The zero-order chi connectivity index (χ0) is 38.4. The minimum atomic E-state index is 1.09. The second-order valence-corrected chi connectivity index (χ2v) is 15.0. The van der Waals surface area contributed by atoms with Gasteiger partial charge in [0.1, 0.15) is 0 Å². The third kappa shape index (κ3) is 5.82. The first-order chi connectivity index (χ1) is 28.8. The van der Waals surface area contributed by atoms with Crippen LogP contribution >= 0.6 is 0 Å². The number of hydrogen-bond donors (Lipinski definition) is 0. The van der Waals surface area contributed by atoms with Gasteiger partial charge in [-0.05, 0) is 122 Å². The van der Waals surface area contributed by atoms with Gasteiger partial charge in [-0.1, -0.05) is 164 Å². The quantitative estimate of drug-likeness (QED) is 0.158. The maximum Gasteiger partial charge on any atom is 0.0562 e. The van der Waals surface area contributed by atoms with Crippen LogP contribution in [-0.2, 0) is 0 Å². The molecule has 11 rings (SSSR count). The summed E-state index contributed by atoms with van der Waals surface area (Å²) in [6, 6.07) is 83.7. The van der Waals surface area contributed by atoms with Gasteiger partial charge in [-0.15, -0.1) is 0 Å². The van der Waals surface area contributed by atoms with Gasteiger partial charge in [-0.2, -0.15) is 0 Å². The molecule has 0 saturated heterocycles. The molecule has 0 amide bonds. The number of rotatable bonds is 7. The Bertz CT molecular complexity index is 3250. The van der Waals surface area contributed by atoms with E-state index in [1.807, 2.05) is 0 Å². The molecule has 2 heteroatoms. The molecule has 0 unspecified atom stereocenters. The predicted molar refractivity (Wildman–Crippen MR) is 247 cm³/mol. The van der Waals surface area contributed by atoms with E-state index in [4.69, 9.17) is 0 Å². The van der Waals surface area contributed by atoms with Gasteiger partial charge >= 0.3 is 0 Å². The Morgan fingerprint density at radius 1 is 0.310 bits per heavy atom. The van der Waals surface area contributed by atoms with Crippen LogP contribution < -0.4 is 4.90 Å². The first-order valence-electron chi connectivity index (χ1n) is 19.9. The van der Waals surface area contributed by atoms with Crippen LogP contribution in [0.25, 0.3) is 82.4 Å².